The van der Waals surface area contributed by atoms with Gasteiger partial charge in [0, 0.05) is 12.4 Å². The molecule has 0 atom stereocenters. The van der Waals surface area contributed by atoms with Gasteiger partial charge < -0.3 is 11.1 Å². The van der Waals surface area contributed by atoms with Crippen molar-refractivity contribution in [2.75, 3.05) is 11.9 Å². The first-order chi connectivity index (χ1) is 10.1. The number of hydrogen-bond donors (Lipinski definition) is 2. The Morgan fingerprint density at radius 1 is 1.29 bits per heavy atom. The fourth-order valence-corrected chi connectivity index (χ4v) is 1.64. The Bertz CT molecular complexity index is 715. The number of hydrogen-bond acceptors (Lipinski definition) is 3. The number of carbonyl (C=O) groups excluding carboxylic acids is 1. The van der Waals surface area contributed by atoms with E-state index >= 15 is 0 Å². The number of benzene rings is 1. The molecule has 106 valence electrons. The van der Waals surface area contributed by atoms with E-state index in [1.807, 2.05) is 0 Å². The van der Waals surface area contributed by atoms with E-state index in [9.17, 15) is 13.6 Å². The lowest BCUT2D eigenvalue weighted by atomic mass is 10.1. The quantitative estimate of drug-likeness (QED) is 0.829. The summed E-state index contributed by atoms with van der Waals surface area (Å²) in [4.78, 5) is 16.0. The van der Waals surface area contributed by atoms with Crippen LogP contribution in [0.4, 0.5) is 14.5 Å². The number of aromatic nitrogens is 1. The van der Waals surface area contributed by atoms with Crippen molar-refractivity contribution in [2.45, 2.75) is 0 Å². The fraction of sp³-hybridized carbons (Fsp3) is 0.0667. The van der Waals surface area contributed by atoms with E-state index in [1.54, 1.807) is 0 Å². The largest absolute Gasteiger partial charge is 0.320 e. The van der Waals surface area contributed by atoms with E-state index in [0.29, 0.717) is 5.56 Å². The van der Waals surface area contributed by atoms with Crippen molar-refractivity contribution in [2.24, 2.45) is 5.73 Å². The monoisotopic (exact) mass is 287 g/mol. The van der Waals surface area contributed by atoms with E-state index in [0.717, 1.165) is 12.1 Å². The summed E-state index contributed by atoms with van der Waals surface area (Å²) >= 11 is 0. The molecule has 0 saturated carbocycles. The Morgan fingerprint density at radius 3 is 2.67 bits per heavy atom. The average molecular weight is 287 g/mol. The molecule has 6 heteroatoms. The smallest absolute Gasteiger partial charge is 0.257 e. The first kappa shape index (κ1) is 14.6. The molecular formula is C15H11F2N3O. The SMILES string of the molecule is NCC#Cc1cnccc1C(=O)Nc1c(F)cccc1F. The predicted molar refractivity (Wildman–Crippen MR) is 74.5 cm³/mol. The van der Waals surface area contributed by atoms with Gasteiger partial charge >= 0.3 is 0 Å². The molecular weight excluding hydrogens is 276 g/mol. The minimum atomic E-state index is -0.855. The second-order valence-electron chi connectivity index (χ2n) is 3.98. The zero-order valence-electron chi connectivity index (χ0n) is 10.9. The molecule has 21 heavy (non-hydrogen) atoms. The molecule has 4 nitrogen and oxygen atoms in total. The van der Waals surface area contributed by atoms with E-state index in [1.165, 1.54) is 24.5 Å². The lowest BCUT2D eigenvalue weighted by Gasteiger charge is -2.08. The van der Waals surface area contributed by atoms with Crippen LogP contribution < -0.4 is 11.1 Å². The molecule has 1 aromatic heterocycles. The first-order valence-corrected chi connectivity index (χ1v) is 6.01. The summed E-state index contributed by atoms with van der Waals surface area (Å²) in [7, 11) is 0. The molecule has 0 spiro atoms. The Morgan fingerprint density at radius 2 is 2.00 bits per heavy atom. The summed E-state index contributed by atoms with van der Waals surface area (Å²) < 4.78 is 27.0. The second kappa shape index (κ2) is 6.59. The molecule has 0 aliphatic carbocycles. The number of rotatable bonds is 2. The zero-order valence-corrected chi connectivity index (χ0v) is 10.9. The summed E-state index contributed by atoms with van der Waals surface area (Å²) in [6, 6.07) is 4.74. The van der Waals surface area contributed by atoms with Crippen LogP contribution in [0, 0.1) is 23.5 Å². The predicted octanol–water partition coefficient (Wildman–Crippen LogP) is 1.92. The van der Waals surface area contributed by atoms with Crippen LogP contribution in [0.25, 0.3) is 0 Å². The molecule has 0 unspecified atom stereocenters. The topological polar surface area (TPSA) is 68.0 Å². The third-order valence-corrected chi connectivity index (χ3v) is 2.59. The van der Waals surface area contributed by atoms with Crippen molar-refractivity contribution < 1.29 is 13.6 Å². The fourth-order valence-electron chi connectivity index (χ4n) is 1.64. The summed E-state index contributed by atoms with van der Waals surface area (Å²) in [5.41, 5.74) is 5.26. The Labute approximate surface area is 120 Å². The minimum absolute atomic E-state index is 0.123. The van der Waals surface area contributed by atoms with Gasteiger partial charge in [-0.05, 0) is 18.2 Å². The van der Waals surface area contributed by atoms with Crippen LogP contribution in [0.2, 0.25) is 0 Å². The molecule has 0 aliphatic rings. The van der Waals surface area contributed by atoms with E-state index in [2.05, 4.69) is 22.1 Å². The maximum atomic E-state index is 13.5. The van der Waals surface area contributed by atoms with Gasteiger partial charge in [0.25, 0.3) is 5.91 Å². The van der Waals surface area contributed by atoms with E-state index in [-0.39, 0.29) is 12.1 Å². The molecule has 1 aromatic carbocycles. The highest BCUT2D eigenvalue weighted by atomic mass is 19.1. The molecule has 0 saturated heterocycles. The Hall–Kier alpha value is -2.78. The number of pyridine rings is 1. The van der Waals surface area contributed by atoms with Crippen LogP contribution >= 0.6 is 0 Å². The van der Waals surface area contributed by atoms with Gasteiger partial charge in [-0.3, -0.25) is 9.78 Å². The van der Waals surface area contributed by atoms with Crippen LogP contribution in [0.5, 0.6) is 0 Å². The lowest BCUT2D eigenvalue weighted by Crippen LogP contribution is -2.16. The maximum absolute atomic E-state index is 13.5. The van der Waals surface area contributed by atoms with Gasteiger partial charge in [-0.2, -0.15) is 0 Å². The van der Waals surface area contributed by atoms with Crippen LogP contribution in [0.15, 0.2) is 36.7 Å². The molecule has 2 rings (SSSR count). The van der Waals surface area contributed by atoms with Gasteiger partial charge in [0.1, 0.15) is 17.3 Å². The van der Waals surface area contributed by atoms with Gasteiger partial charge in [-0.1, -0.05) is 17.9 Å². The highest BCUT2D eigenvalue weighted by molar-refractivity contribution is 6.06. The van der Waals surface area contributed by atoms with Gasteiger partial charge in [-0.25, -0.2) is 8.78 Å². The average Bonchev–Trinajstić information content (AvgIpc) is 2.49. The number of nitrogens with two attached hydrogens (primary N) is 1. The Kier molecular flexibility index (Phi) is 4.59. The van der Waals surface area contributed by atoms with Crippen molar-refractivity contribution in [3.63, 3.8) is 0 Å². The van der Waals surface area contributed by atoms with Crippen LogP contribution in [-0.2, 0) is 0 Å². The zero-order chi connectivity index (χ0) is 15.2. The highest BCUT2D eigenvalue weighted by Crippen LogP contribution is 2.19. The standard InChI is InChI=1S/C15H11F2N3O/c16-12-4-1-5-13(17)14(12)20-15(21)11-6-8-19-9-10(11)3-2-7-18/h1,4-6,8-9H,7,18H2,(H,20,21). The Balaban J connectivity index is 2.33. The number of nitrogens with one attached hydrogen (secondary N) is 1. The van der Waals surface area contributed by atoms with Gasteiger partial charge in [0.15, 0.2) is 0 Å². The van der Waals surface area contributed by atoms with Crippen molar-refractivity contribution in [1.29, 1.82) is 0 Å². The van der Waals surface area contributed by atoms with Gasteiger partial charge in [0.05, 0.1) is 17.7 Å². The molecule has 0 radical (unpaired) electrons. The molecule has 2 aromatic rings. The number of para-hydroxylation sites is 1. The summed E-state index contributed by atoms with van der Waals surface area (Å²) in [5.74, 6) is 2.89. The molecule has 0 aliphatic heterocycles. The van der Waals surface area contributed by atoms with Crippen molar-refractivity contribution in [1.82, 2.24) is 4.98 Å². The van der Waals surface area contributed by atoms with Gasteiger partial charge in [0.2, 0.25) is 0 Å². The second-order valence-corrected chi connectivity index (χ2v) is 3.98. The van der Waals surface area contributed by atoms with E-state index in [4.69, 9.17) is 5.73 Å². The summed E-state index contributed by atoms with van der Waals surface area (Å²) in [6.45, 7) is 0.123. The van der Waals surface area contributed by atoms with Crippen LogP contribution in [-0.4, -0.2) is 17.4 Å². The highest BCUT2D eigenvalue weighted by Gasteiger charge is 2.15. The molecule has 0 bridgehead atoms. The summed E-state index contributed by atoms with van der Waals surface area (Å²) in [5, 5.41) is 2.20. The van der Waals surface area contributed by atoms with Gasteiger partial charge in [-0.15, -0.1) is 0 Å². The molecule has 0 fully saturated rings. The number of carbonyl (C=O) groups is 1. The summed E-state index contributed by atoms with van der Waals surface area (Å²) in [6.07, 6.45) is 2.77. The number of anilines is 1. The van der Waals surface area contributed by atoms with Crippen molar-refractivity contribution in [3.8, 4) is 11.8 Å². The van der Waals surface area contributed by atoms with Crippen LogP contribution in [0.1, 0.15) is 15.9 Å². The van der Waals surface area contributed by atoms with E-state index < -0.39 is 23.2 Å². The number of amides is 1. The molecule has 1 amide bonds. The third-order valence-electron chi connectivity index (χ3n) is 2.59. The third kappa shape index (κ3) is 3.41. The first-order valence-electron chi connectivity index (χ1n) is 6.01. The number of nitrogens with zero attached hydrogens (tertiary/aromatic N) is 1. The molecule has 1 heterocycles. The minimum Gasteiger partial charge on any atom is -0.320 e. The van der Waals surface area contributed by atoms with Crippen molar-refractivity contribution >= 4 is 11.6 Å². The molecule has 3 N–H and O–H groups in total. The normalized spacial score (nSPS) is 9.67. The maximum Gasteiger partial charge on any atom is 0.257 e. The van der Waals surface area contributed by atoms with Crippen LogP contribution in [0.3, 0.4) is 0 Å². The lowest BCUT2D eigenvalue weighted by molar-refractivity contribution is 0.102. The van der Waals surface area contributed by atoms with Crippen molar-refractivity contribution in [3.05, 3.63) is 59.4 Å². The number of halogens is 2.